The van der Waals surface area contributed by atoms with Crippen LogP contribution in [0.1, 0.15) is 72.8 Å². The van der Waals surface area contributed by atoms with E-state index in [9.17, 15) is 40.1 Å². The molecule has 0 bridgehead atoms. The lowest BCUT2D eigenvalue weighted by Gasteiger charge is -2.41. The first-order valence-electron chi connectivity index (χ1n) is 23.2. The number of carbonyl (C=O) groups excluding carboxylic acids is 2. The Morgan fingerprint density at radius 2 is 1.76 bits per heavy atom. The number of aromatic nitrogens is 3. The molecule has 0 amide bonds. The zero-order valence-corrected chi connectivity index (χ0v) is 42.2. The van der Waals surface area contributed by atoms with Crippen molar-refractivity contribution < 1.29 is 49.1 Å². The molecule has 4 N–H and O–H groups in total. The quantitative estimate of drug-likeness (QED) is 0.0345. The normalized spacial score (nSPS) is 25.5. The van der Waals surface area contributed by atoms with Gasteiger partial charge in [0.05, 0.1) is 60.6 Å². The van der Waals surface area contributed by atoms with Crippen molar-refractivity contribution in [3.05, 3.63) is 97.8 Å². The lowest BCUT2D eigenvalue weighted by Crippen LogP contribution is -2.55. The van der Waals surface area contributed by atoms with Gasteiger partial charge in [0.2, 0.25) is 0 Å². The third-order valence-electron chi connectivity index (χ3n) is 12.5. The molecule has 0 radical (unpaired) electrons. The first-order chi connectivity index (χ1) is 31.9. The van der Waals surface area contributed by atoms with E-state index in [0.717, 1.165) is 9.13 Å². The maximum absolute atomic E-state index is 14.0. The molecular weight excluding hydrogens is 975 g/mol. The monoisotopic (exact) mass is 1050 g/mol. The number of hydrogen-bond donors (Lipinski definition) is 4. The van der Waals surface area contributed by atoms with E-state index in [0.29, 0.717) is 55.9 Å². The maximum atomic E-state index is 14.0. The molecular formula is C49H71IN6O11. The smallest absolute Gasteiger partial charge is 0.308 e. The summed E-state index contributed by atoms with van der Waals surface area (Å²) in [6.07, 6.45) is 0.882. The molecule has 11 atom stereocenters. The van der Waals surface area contributed by atoms with Crippen molar-refractivity contribution in [1.29, 1.82) is 0 Å². The number of nitrogens with zero attached hydrogens (tertiary/aromatic N) is 6. The second-order valence-corrected chi connectivity index (χ2v) is 19.1. The number of halogens is 1. The number of esters is 1. The van der Waals surface area contributed by atoms with Crippen LogP contribution in [-0.2, 0) is 36.9 Å². The van der Waals surface area contributed by atoms with Crippen molar-refractivity contribution in [3.63, 3.8) is 0 Å². The molecule has 0 saturated heterocycles. The Morgan fingerprint density at radius 3 is 2.39 bits per heavy atom. The van der Waals surface area contributed by atoms with Gasteiger partial charge in [0.1, 0.15) is 17.9 Å². The Labute approximate surface area is 408 Å². The number of likely N-dealkylation sites (N-methyl/N-ethyl adjacent to an activating group) is 1. The highest BCUT2D eigenvalue weighted by Crippen LogP contribution is 2.34. The topological polar surface area (TPSA) is 223 Å². The molecule has 370 valence electrons. The summed E-state index contributed by atoms with van der Waals surface area (Å²) in [6.45, 7) is 12.3. The van der Waals surface area contributed by atoms with Crippen molar-refractivity contribution >= 4 is 40.0 Å². The van der Waals surface area contributed by atoms with Gasteiger partial charge in [-0.25, -0.2) is 0 Å². The van der Waals surface area contributed by atoms with E-state index in [1.165, 1.54) is 12.1 Å². The molecule has 2 aromatic carbocycles. The Balaban J connectivity index is 1.78. The van der Waals surface area contributed by atoms with E-state index < -0.39 is 77.4 Å². The summed E-state index contributed by atoms with van der Waals surface area (Å²) < 4.78 is 21.6. The van der Waals surface area contributed by atoms with Gasteiger partial charge in [-0.2, -0.15) is 0 Å². The van der Waals surface area contributed by atoms with Crippen LogP contribution >= 0.6 is 22.6 Å². The van der Waals surface area contributed by atoms with Crippen LogP contribution in [0, 0.1) is 37.4 Å². The van der Waals surface area contributed by atoms with E-state index in [-0.39, 0.29) is 37.5 Å². The van der Waals surface area contributed by atoms with E-state index in [1.54, 1.807) is 81.0 Å². The maximum Gasteiger partial charge on any atom is 0.308 e. The van der Waals surface area contributed by atoms with Crippen LogP contribution in [0.5, 0.6) is 0 Å². The number of allylic oxidation sites excluding steroid dienone is 3. The van der Waals surface area contributed by atoms with Crippen LogP contribution in [0.25, 0.3) is 11.3 Å². The van der Waals surface area contributed by atoms with Crippen LogP contribution in [0.4, 0.5) is 5.69 Å². The van der Waals surface area contributed by atoms with Crippen molar-refractivity contribution in [2.75, 3.05) is 40.4 Å². The molecule has 18 heteroatoms. The fourth-order valence-corrected chi connectivity index (χ4v) is 9.14. The molecule has 3 aromatic rings. The molecule has 2 heterocycles. The molecule has 1 aliphatic rings. The number of benzene rings is 2. The van der Waals surface area contributed by atoms with Crippen molar-refractivity contribution in [2.45, 2.75) is 123 Å². The molecule has 17 nitrogen and oxygen atoms in total. The van der Waals surface area contributed by atoms with Crippen molar-refractivity contribution in [3.8, 4) is 11.3 Å². The number of aliphatic hydroxyl groups excluding tert-OH is 4. The SMILES string of the molecule is CCO[C@@H](O[C@H]1[C@@H](CCN(CCn2cc(-c3ccccc3[N+](=O)[O-])nn2)Cc2ccc(I)cc2)C[C@@H](C)C(=O)/C=C/C(C)=C/[C@H](CO)[C@@H](CC)OC(=O)C[C@@H](O)[C@@H]1C)C(O)C([C@@H](C)O)N(C)C. The van der Waals surface area contributed by atoms with E-state index in [2.05, 4.69) is 49.9 Å². The number of aliphatic hydroxyl groups is 4. The first kappa shape index (κ1) is 55.6. The lowest BCUT2D eigenvalue weighted by atomic mass is 9.79. The van der Waals surface area contributed by atoms with Gasteiger partial charge in [-0.05, 0) is 119 Å². The fraction of sp³-hybridized carbons (Fsp3) is 0.592. The highest BCUT2D eigenvalue weighted by Gasteiger charge is 2.41. The number of rotatable bonds is 20. The average molecular weight is 1050 g/mol. The number of para-hydroxylation sites is 1. The van der Waals surface area contributed by atoms with Gasteiger partial charge in [-0.1, -0.05) is 68.0 Å². The number of ketones is 1. The average Bonchev–Trinajstić information content (AvgIpc) is 3.77. The third kappa shape index (κ3) is 16.6. The van der Waals surface area contributed by atoms with Gasteiger partial charge in [0, 0.05) is 47.1 Å². The van der Waals surface area contributed by atoms with Gasteiger partial charge in [0.25, 0.3) is 5.69 Å². The molecule has 1 aromatic heterocycles. The number of cyclic esters (lactones) is 1. The number of nitro benzene ring substituents is 1. The van der Waals surface area contributed by atoms with E-state index in [4.69, 9.17) is 14.2 Å². The van der Waals surface area contributed by atoms with Gasteiger partial charge < -0.3 is 39.5 Å². The third-order valence-corrected chi connectivity index (χ3v) is 13.2. The van der Waals surface area contributed by atoms with E-state index >= 15 is 0 Å². The summed E-state index contributed by atoms with van der Waals surface area (Å²) in [5, 5.41) is 65.3. The fourth-order valence-electron chi connectivity index (χ4n) is 8.78. The summed E-state index contributed by atoms with van der Waals surface area (Å²) in [5.74, 6) is -3.13. The predicted molar refractivity (Wildman–Crippen MR) is 262 cm³/mol. The Morgan fingerprint density at radius 1 is 1.06 bits per heavy atom. The predicted octanol–water partition coefficient (Wildman–Crippen LogP) is 5.81. The Kier molecular flexibility index (Phi) is 22.6. The molecule has 0 fully saturated rings. The molecule has 0 saturated carbocycles. The zero-order valence-electron chi connectivity index (χ0n) is 40.1. The summed E-state index contributed by atoms with van der Waals surface area (Å²) in [7, 11) is 3.46. The summed E-state index contributed by atoms with van der Waals surface area (Å²) >= 11 is 2.26. The van der Waals surface area contributed by atoms with Crippen molar-refractivity contribution in [1.82, 2.24) is 24.8 Å². The number of hydrogen-bond acceptors (Lipinski definition) is 15. The zero-order chi connectivity index (χ0) is 49.4. The van der Waals surface area contributed by atoms with Gasteiger partial charge in [0.15, 0.2) is 12.1 Å². The minimum atomic E-state index is -1.36. The molecule has 67 heavy (non-hydrogen) atoms. The molecule has 4 rings (SSSR count). The molecule has 0 spiro atoms. The minimum absolute atomic E-state index is 0.0744. The van der Waals surface area contributed by atoms with Crippen molar-refractivity contribution in [2.24, 2.45) is 23.7 Å². The Hall–Kier alpha value is -3.99. The standard InChI is InChI=1S/C49H71IN6O11/c1-9-44-37(30-57)25-31(3)15-20-42(59)32(4)26-36(48(33(5)43(60)27-45(61)66-44)67-49(65-10-2)47(62)46(34(6)58)53(7)8)21-22-54(28-35-16-18-38(50)19-17-35)23-24-55-29-40(51-52-55)39-13-11-12-14-41(39)56(63)64/h11-20,25,29,32-34,36-37,43-44,46-49,57-58,60,62H,9-10,21-24,26-28,30H2,1-8H3/b20-15+,31-25+/t32-,33+,34-,36+,37-,43-,44-,46?,47?,48-,49+/m1/s1. The molecule has 2 unspecified atom stereocenters. The Bertz CT molecular complexity index is 2070. The summed E-state index contributed by atoms with van der Waals surface area (Å²) in [5.41, 5.74) is 2.41. The highest BCUT2D eigenvalue weighted by molar-refractivity contribution is 14.1. The van der Waals surface area contributed by atoms with Crippen LogP contribution in [-0.4, -0.2) is 145 Å². The van der Waals surface area contributed by atoms with Gasteiger partial charge in [-0.15, -0.1) is 5.10 Å². The highest BCUT2D eigenvalue weighted by atomic mass is 127. The van der Waals surface area contributed by atoms with Crippen LogP contribution in [0.2, 0.25) is 0 Å². The molecule has 1 aliphatic heterocycles. The summed E-state index contributed by atoms with van der Waals surface area (Å²) in [6, 6.07) is 13.7. The lowest BCUT2D eigenvalue weighted by molar-refractivity contribution is -0.384. The second-order valence-electron chi connectivity index (χ2n) is 17.9. The second kappa shape index (κ2) is 27.3. The molecule has 0 aliphatic carbocycles. The van der Waals surface area contributed by atoms with Gasteiger partial charge in [-0.3, -0.25) is 29.3 Å². The summed E-state index contributed by atoms with van der Waals surface area (Å²) in [4.78, 5) is 42.8. The minimum Gasteiger partial charge on any atom is -0.462 e. The van der Waals surface area contributed by atoms with E-state index in [1.807, 2.05) is 32.9 Å². The number of carbonyl (C=O) groups is 2. The largest absolute Gasteiger partial charge is 0.462 e. The van der Waals surface area contributed by atoms with Gasteiger partial charge >= 0.3 is 5.97 Å². The number of nitro groups is 1. The number of ether oxygens (including phenoxy) is 3. The van der Waals surface area contributed by atoms with Crippen LogP contribution in [0.15, 0.2) is 78.5 Å². The van der Waals surface area contributed by atoms with Crippen LogP contribution in [0.3, 0.4) is 0 Å². The first-order valence-corrected chi connectivity index (χ1v) is 24.2. The van der Waals surface area contributed by atoms with Crippen LogP contribution < -0.4 is 0 Å².